The summed E-state index contributed by atoms with van der Waals surface area (Å²) in [6, 6.07) is 19.7. The maximum atomic E-state index is 13.2. The number of carbonyl (C=O) groups excluding carboxylic acids is 1. The molecule has 0 saturated carbocycles. The summed E-state index contributed by atoms with van der Waals surface area (Å²) in [6.45, 7) is 3.77. The third kappa shape index (κ3) is 6.10. The van der Waals surface area contributed by atoms with Crippen molar-refractivity contribution in [3.05, 3.63) is 87.6 Å². The van der Waals surface area contributed by atoms with Crippen LogP contribution in [0.1, 0.15) is 32.8 Å². The van der Waals surface area contributed by atoms with Gasteiger partial charge in [-0.2, -0.15) is 5.26 Å². The molecule has 2 aromatic carbocycles. The number of benzene rings is 2. The van der Waals surface area contributed by atoms with Crippen molar-refractivity contribution in [2.75, 3.05) is 26.2 Å². The van der Waals surface area contributed by atoms with Crippen LogP contribution in [0.15, 0.2) is 70.9 Å². The van der Waals surface area contributed by atoms with Crippen molar-refractivity contribution in [3.63, 3.8) is 0 Å². The standard InChI is InChI=1S/C25H26N4O3S2/c26-17-20-7-9-21(10-8-20)19-28-11-3-12-29(14-13-28)25(30)22-4-1-6-24(16-22)34(31,32)27-18-23-5-2-15-33-23/h1-2,4-10,15-16,27H,3,11-14,18-19H2. The number of hydrogen-bond acceptors (Lipinski definition) is 6. The summed E-state index contributed by atoms with van der Waals surface area (Å²) in [5.74, 6) is -0.157. The van der Waals surface area contributed by atoms with Crippen LogP contribution in [0.25, 0.3) is 0 Å². The summed E-state index contributed by atoms with van der Waals surface area (Å²) >= 11 is 1.49. The summed E-state index contributed by atoms with van der Waals surface area (Å²) < 4.78 is 28.1. The van der Waals surface area contributed by atoms with Crippen LogP contribution in [0.2, 0.25) is 0 Å². The van der Waals surface area contributed by atoms with Gasteiger partial charge in [-0.05, 0) is 53.8 Å². The quantitative estimate of drug-likeness (QED) is 0.543. The summed E-state index contributed by atoms with van der Waals surface area (Å²) in [4.78, 5) is 18.3. The number of amides is 1. The van der Waals surface area contributed by atoms with E-state index in [0.29, 0.717) is 24.2 Å². The van der Waals surface area contributed by atoms with Gasteiger partial charge in [0.1, 0.15) is 0 Å². The molecule has 1 amide bonds. The van der Waals surface area contributed by atoms with Crippen LogP contribution in [0.4, 0.5) is 0 Å². The molecular weight excluding hydrogens is 468 g/mol. The van der Waals surface area contributed by atoms with E-state index in [-0.39, 0.29) is 17.3 Å². The third-order valence-corrected chi connectivity index (χ3v) is 8.05. The Bertz CT molecular complexity index is 1270. The molecule has 4 rings (SSSR count). The van der Waals surface area contributed by atoms with E-state index in [1.54, 1.807) is 17.0 Å². The lowest BCUT2D eigenvalue weighted by atomic mass is 10.1. The molecule has 1 aliphatic rings. The molecule has 34 heavy (non-hydrogen) atoms. The van der Waals surface area contributed by atoms with Gasteiger partial charge in [0.15, 0.2) is 0 Å². The Morgan fingerprint density at radius 3 is 2.59 bits per heavy atom. The zero-order valence-corrected chi connectivity index (χ0v) is 20.3. The Morgan fingerprint density at radius 2 is 1.85 bits per heavy atom. The highest BCUT2D eigenvalue weighted by Gasteiger charge is 2.22. The molecule has 0 spiro atoms. The molecule has 1 aromatic heterocycles. The number of hydrogen-bond donors (Lipinski definition) is 1. The minimum absolute atomic E-state index is 0.0900. The van der Waals surface area contributed by atoms with Crippen molar-refractivity contribution in [1.29, 1.82) is 5.26 Å². The molecule has 1 fully saturated rings. The zero-order chi connectivity index (χ0) is 24.0. The van der Waals surface area contributed by atoms with Gasteiger partial charge in [0.05, 0.1) is 16.5 Å². The maximum absolute atomic E-state index is 13.2. The Kier molecular flexibility index (Phi) is 7.75. The molecule has 0 unspecified atom stereocenters. The lowest BCUT2D eigenvalue weighted by Crippen LogP contribution is -2.35. The van der Waals surface area contributed by atoms with Gasteiger partial charge in [-0.15, -0.1) is 11.3 Å². The van der Waals surface area contributed by atoms with Crippen molar-refractivity contribution in [3.8, 4) is 6.07 Å². The minimum Gasteiger partial charge on any atom is -0.337 e. The number of nitrogens with zero attached hydrogens (tertiary/aromatic N) is 3. The van der Waals surface area contributed by atoms with Gasteiger partial charge in [-0.25, -0.2) is 13.1 Å². The van der Waals surface area contributed by atoms with Crippen molar-refractivity contribution in [2.24, 2.45) is 0 Å². The predicted molar refractivity (Wildman–Crippen MR) is 132 cm³/mol. The predicted octanol–water partition coefficient (Wildman–Crippen LogP) is 3.45. The summed E-state index contributed by atoms with van der Waals surface area (Å²) in [5, 5.41) is 10.9. The third-order valence-electron chi connectivity index (χ3n) is 5.77. The fraction of sp³-hybridized carbons (Fsp3) is 0.280. The first-order chi connectivity index (χ1) is 16.4. The van der Waals surface area contributed by atoms with Gasteiger partial charge in [0.25, 0.3) is 5.91 Å². The maximum Gasteiger partial charge on any atom is 0.253 e. The molecule has 0 bridgehead atoms. The van der Waals surface area contributed by atoms with Crippen LogP contribution in [0, 0.1) is 11.3 Å². The van der Waals surface area contributed by atoms with Crippen molar-refractivity contribution in [1.82, 2.24) is 14.5 Å². The molecule has 1 aliphatic heterocycles. The van der Waals surface area contributed by atoms with Crippen molar-refractivity contribution < 1.29 is 13.2 Å². The Hall–Kier alpha value is -3.03. The fourth-order valence-electron chi connectivity index (χ4n) is 3.92. The second-order valence-corrected chi connectivity index (χ2v) is 11.0. The van der Waals surface area contributed by atoms with E-state index >= 15 is 0 Å². The van der Waals surface area contributed by atoms with Gasteiger partial charge < -0.3 is 4.90 Å². The first-order valence-electron chi connectivity index (χ1n) is 11.1. The first kappa shape index (κ1) is 24.1. The molecule has 0 atom stereocenters. The van der Waals surface area contributed by atoms with Gasteiger partial charge >= 0.3 is 0 Å². The van der Waals surface area contributed by atoms with E-state index < -0.39 is 10.0 Å². The molecule has 176 valence electrons. The van der Waals surface area contributed by atoms with Crippen LogP contribution < -0.4 is 4.72 Å². The smallest absolute Gasteiger partial charge is 0.253 e. The fourth-order valence-corrected chi connectivity index (χ4v) is 5.70. The average Bonchev–Trinajstić information content (AvgIpc) is 3.28. The molecule has 1 saturated heterocycles. The largest absolute Gasteiger partial charge is 0.337 e. The van der Waals surface area contributed by atoms with E-state index in [9.17, 15) is 13.2 Å². The van der Waals surface area contributed by atoms with Gasteiger partial charge in [0, 0.05) is 49.7 Å². The number of rotatable bonds is 7. The number of nitrogens with one attached hydrogen (secondary N) is 1. The van der Waals surface area contributed by atoms with Crippen LogP contribution >= 0.6 is 11.3 Å². The monoisotopic (exact) mass is 494 g/mol. The summed E-state index contributed by atoms with van der Waals surface area (Å²) in [5.41, 5.74) is 2.15. The topological polar surface area (TPSA) is 93.5 Å². The SMILES string of the molecule is N#Cc1ccc(CN2CCCN(C(=O)c3cccc(S(=O)(=O)NCc4cccs4)c3)CC2)cc1. The molecule has 0 radical (unpaired) electrons. The lowest BCUT2D eigenvalue weighted by Gasteiger charge is -2.22. The highest BCUT2D eigenvalue weighted by molar-refractivity contribution is 7.89. The molecule has 7 nitrogen and oxygen atoms in total. The highest BCUT2D eigenvalue weighted by atomic mass is 32.2. The molecule has 1 N–H and O–H groups in total. The van der Waals surface area contributed by atoms with E-state index in [4.69, 9.17) is 5.26 Å². The van der Waals surface area contributed by atoms with Gasteiger partial charge in [-0.1, -0.05) is 24.3 Å². The van der Waals surface area contributed by atoms with Crippen molar-refractivity contribution >= 4 is 27.3 Å². The first-order valence-corrected chi connectivity index (χ1v) is 13.4. The van der Waals surface area contributed by atoms with Gasteiger partial charge in [-0.3, -0.25) is 9.69 Å². The normalized spacial score (nSPS) is 15.0. The number of nitriles is 1. The van der Waals surface area contributed by atoms with E-state index in [1.807, 2.05) is 41.8 Å². The molecule has 2 heterocycles. The average molecular weight is 495 g/mol. The summed E-state index contributed by atoms with van der Waals surface area (Å²) in [7, 11) is -3.72. The Balaban J connectivity index is 1.38. The molecular formula is C25H26N4O3S2. The number of thiophene rings is 1. The number of sulfonamides is 1. The molecule has 0 aliphatic carbocycles. The second kappa shape index (κ2) is 10.9. The van der Waals surface area contributed by atoms with Gasteiger partial charge in [0.2, 0.25) is 10.0 Å². The van der Waals surface area contributed by atoms with Crippen LogP contribution in [-0.4, -0.2) is 50.3 Å². The highest BCUT2D eigenvalue weighted by Crippen LogP contribution is 2.17. The minimum atomic E-state index is -3.72. The van der Waals surface area contributed by atoms with E-state index in [1.165, 1.54) is 23.5 Å². The summed E-state index contributed by atoms with van der Waals surface area (Å²) in [6.07, 6.45) is 0.836. The lowest BCUT2D eigenvalue weighted by molar-refractivity contribution is 0.0761. The van der Waals surface area contributed by atoms with Crippen LogP contribution in [0.5, 0.6) is 0 Å². The van der Waals surface area contributed by atoms with Crippen LogP contribution in [-0.2, 0) is 23.1 Å². The zero-order valence-electron chi connectivity index (χ0n) is 18.7. The van der Waals surface area contributed by atoms with E-state index in [0.717, 1.165) is 36.5 Å². The molecule has 9 heteroatoms. The molecule has 3 aromatic rings. The second-order valence-electron chi connectivity index (χ2n) is 8.16. The van der Waals surface area contributed by atoms with Crippen molar-refractivity contribution in [2.45, 2.75) is 24.4 Å². The Morgan fingerprint density at radius 1 is 1.03 bits per heavy atom. The van der Waals surface area contributed by atoms with E-state index in [2.05, 4.69) is 15.7 Å². The van der Waals surface area contributed by atoms with Crippen LogP contribution in [0.3, 0.4) is 0 Å². The number of carbonyl (C=O) groups is 1. The Labute approximate surface area is 204 Å².